The van der Waals surface area contributed by atoms with Crippen molar-refractivity contribution < 1.29 is 24.6 Å². The molecule has 0 saturated carbocycles. The van der Waals surface area contributed by atoms with Gasteiger partial charge >= 0.3 is 0 Å². The third-order valence-electron chi connectivity index (χ3n) is 1.47. The summed E-state index contributed by atoms with van der Waals surface area (Å²) in [5.41, 5.74) is -1.13. The molecule has 10 heteroatoms. The Balaban J connectivity index is 2.56. The molecule has 1 aliphatic heterocycles. The molecule has 0 bridgehead atoms. The van der Waals surface area contributed by atoms with Gasteiger partial charge in [0.2, 0.25) is 0 Å². The lowest BCUT2D eigenvalue weighted by atomic mass is 10.3. The summed E-state index contributed by atoms with van der Waals surface area (Å²) in [4.78, 5) is 28.1. The van der Waals surface area contributed by atoms with Crippen molar-refractivity contribution >= 4 is 11.6 Å². The monoisotopic (exact) mass is 228 g/mol. The Bertz CT molecular complexity index is 248. The molecule has 1 saturated heterocycles. The largest absolute Gasteiger partial charge is 0.358 e. The van der Waals surface area contributed by atoms with Crippen LogP contribution in [0, 0.1) is 20.2 Å². The molecule has 1 fully saturated rings. The molecular formula is C4H5ClN2O7. The highest BCUT2D eigenvalue weighted by molar-refractivity contribution is 6.20. The van der Waals surface area contributed by atoms with E-state index in [1.807, 2.05) is 0 Å². The Kier molecular flexibility index (Phi) is 3.25. The van der Waals surface area contributed by atoms with Gasteiger partial charge in [0.05, 0.1) is 6.61 Å². The Morgan fingerprint density at radius 1 is 1.29 bits per heavy atom. The Labute approximate surface area is 81.7 Å². The molecule has 0 aliphatic carbocycles. The highest BCUT2D eigenvalue weighted by Crippen LogP contribution is 2.23. The molecule has 3 atom stereocenters. The van der Waals surface area contributed by atoms with E-state index in [-0.39, 0.29) is 6.61 Å². The molecule has 0 N–H and O–H groups in total. The molecule has 3 unspecified atom stereocenters. The van der Waals surface area contributed by atoms with E-state index in [0.29, 0.717) is 0 Å². The number of hydrogen-bond donors (Lipinski definition) is 0. The van der Waals surface area contributed by atoms with Crippen molar-refractivity contribution in [2.24, 2.45) is 0 Å². The highest BCUT2D eigenvalue weighted by Gasteiger charge is 2.41. The molecule has 0 aromatic rings. The van der Waals surface area contributed by atoms with Gasteiger partial charge in [-0.15, -0.1) is 20.2 Å². The van der Waals surface area contributed by atoms with Gasteiger partial charge in [0.1, 0.15) is 0 Å². The normalized spacial score (nSPS) is 31.1. The van der Waals surface area contributed by atoms with Crippen molar-refractivity contribution in [3.05, 3.63) is 20.2 Å². The minimum atomic E-state index is -1.29. The van der Waals surface area contributed by atoms with Crippen molar-refractivity contribution in [2.75, 3.05) is 6.61 Å². The molecule has 0 radical (unpaired) electrons. The van der Waals surface area contributed by atoms with Crippen LogP contribution in [0.5, 0.6) is 0 Å². The van der Waals surface area contributed by atoms with Gasteiger partial charge in [-0.1, -0.05) is 11.6 Å². The average Bonchev–Trinajstić information content (AvgIpc) is 2.34. The SMILES string of the molecule is O=[N+]([O-])OC1COC(Cl)C1O[N+](=O)[O-]. The summed E-state index contributed by atoms with van der Waals surface area (Å²) in [7, 11) is 0. The van der Waals surface area contributed by atoms with Gasteiger partial charge in [-0.05, 0) is 0 Å². The summed E-state index contributed by atoms with van der Waals surface area (Å²) >= 11 is 5.45. The Morgan fingerprint density at radius 2 is 1.86 bits per heavy atom. The molecule has 0 amide bonds. The Hall–Kier alpha value is -1.35. The summed E-state index contributed by atoms with van der Waals surface area (Å²) < 4.78 is 4.69. The van der Waals surface area contributed by atoms with E-state index in [2.05, 4.69) is 14.4 Å². The minimum Gasteiger partial charge on any atom is -0.358 e. The van der Waals surface area contributed by atoms with Crippen LogP contribution < -0.4 is 0 Å². The molecule has 0 aromatic heterocycles. The zero-order valence-electron chi connectivity index (χ0n) is 6.57. The summed E-state index contributed by atoms with van der Waals surface area (Å²) in [6, 6.07) is 0. The smallest absolute Gasteiger partial charge is 0.294 e. The van der Waals surface area contributed by atoms with E-state index < -0.39 is 27.9 Å². The van der Waals surface area contributed by atoms with Crippen molar-refractivity contribution in [2.45, 2.75) is 17.8 Å². The van der Waals surface area contributed by atoms with Crippen LogP contribution in [-0.4, -0.2) is 34.6 Å². The second-order valence-electron chi connectivity index (χ2n) is 2.35. The first-order chi connectivity index (χ1) is 6.50. The van der Waals surface area contributed by atoms with E-state index >= 15 is 0 Å². The predicted octanol–water partition coefficient (Wildman–Crippen LogP) is -0.265. The topological polar surface area (TPSA) is 114 Å². The van der Waals surface area contributed by atoms with Gasteiger partial charge in [-0.3, -0.25) is 0 Å². The summed E-state index contributed by atoms with van der Waals surface area (Å²) in [5.74, 6) is 0. The first-order valence-corrected chi connectivity index (χ1v) is 3.82. The highest BCUT2D eigenvalue weighted by atomic mass is 35.5. The van der Waals surface area contributed by atoms with E-state index in [9.17, 15) is 20.2 Å². The number of ether oxygens (including phenoxy) is 1. The number of hydrogen-bond acceptors (Lipinski definition) is 7. The maximum atomic E-state index is 9.98. The number of halogens is 1. The van der Waals surface area contributed by atoms with E-state index in [1.165, 1.54) is 0 Å². The van der Waals surface area contributed by atoms with Gasteiger partial charge in [-0.2, -0.15) is 0 Å². The third-order valence-corrected chi connectivity index (χ3v) is 1.85. The fraction of sp³-hybridized carbons (Fsp3) is 1.00. The first kappa shape index (κ1) is 10.7. The van der Waals surface area contributed by atoms with Gasteiger partial charge in [-0.25, -0.2) is 0 Å². The second-order valence-corrected chi connectivity index (χ2v) is 2.78. The number of rotatable bonds is 4. The fourth-order valence-corrected chi connectivity index (χ4v) is 1.24. The molecule has 9 nitrogen and oxygen atoms in total. The van der Waals surface area contributed by atoms with E-state index in [4.69, 9.17) is 11.6 Å². The predicted molar refractivity (Wildman–Crippen MR) is 39.3 cm³/mol. The van der Waals surface area contributed by atoms with Crippen LogP contribution >= 0.6 is 11.6 Å². The van der Waals surface area contributed by atoms with Crippen LogP contribution in [0.2, 0.25) is 0 Å². The average molecular weight is 229 g/mol. The second kappa shape index (κ2) is 4.24. The van der Waals surface area contributed by atoms with E-state index in [1.54, 1.807) is 0 Å². The maximum absolute atomic E-state index is 9.98. The summed E-state index contributed by atoms with van der Waals surface area (Å²) in [5, 5.41) is 17.7. The summed E-state index contributed by atoms with van der Waals surface area (Å²) in [6.45, 7) is -0.229. The van der Waals surface area contributed by atoms with Crippen LogP contribution in [0.3, 0.4) is 0 Å². The van der Waals surface area contributed by atoms with Crippen molar-refractivity contribution in [3.63, 3.8) is 0 Å². The molecule has 0 spiro atoms. The molecule has 1 aliphatic rings. The standard InChI is InChI=1S/C4H5ClN2O7/c5-4-3(14-7(10)11)2(1-12-4)13-6(8)9/h2-4H,1H2. The zero-order valence-corrected chi connectivity index (χ0v) is 7.33. The lowest BCUT2D eigenvalue weighted by Crippen LogP contribution is -2.35. The van der Waals surface area contributed by atoms with Crippen LogP contribution in [0.15, 0.2) is 0 Å². The van der Waals surface area contributed by atoms with Crippen LogP contribution in [0.25, 0.3) is 0 Å². The lowest BCUT2D eigenvalue weighted by molar-refractivity contribution is -0.796. The molecule has 1 rings (SSSR count). The van der Waals surface area contributed by atoms with Crippen molar-refractivity contribution in [3.8, 4) is 0 Å². The lowest BCUT2D eigenvalue weighted by Gasteiger charge is -2.14. The number of alkyl halides is 1. The summed E-state index contributed by atoms with van der Waals surface area (Å²) in [6.07, 6.45) is -2.48. The van der Waals surface area contributed by atoms with Gasteiger partial charge in [0.15, 0.2) is 17.8 Å². The molecular weight excluding hydrogens is 224 g/mol. The molecule has 14 heavy (non-hydrogen) atoms. The number of nitrogens with zero attached hydrogens (tertiary/aromatic N) is 2. The van der Waals surface area contributed by atoms with Crippen LogP contribution in [0.4, 0.5) is 0 Å². The van der Waals surface area contributed by atoms with Crippen LogP contribution in [-0.2, 0) is 14.4 Å². The van der Waals surface area contributed by atoms with E-state index in [0.717, 1.165) is 0 Å². The quantitative estimate of drug-likeness (QED) is 0.370. The fourth-order valence-electron chi connectivity index (χ4n) is 0.961. The first-order valence-electron chi connectivity index (χ1n) is 3.38. The van der Waals surface area contributed by atoms with Crippen LogP contribution in [0.1, 0.15) is 0 Å². The molecule has 80 valence electrons. The Morgan fingerprint density at radius 3 is 2.36 bits per heavy atom. The molecule has 0 aromatic carbocycles. The minimum absolute atomic E-state index is 0.229. The zero-order chi connectivity index (χ0) is 10.7. The van der Waals surface area contributed by atoms with Gasteiger partial charge in [0, 0.05) is 0 Å². The van der Waals surface area contributed by atoms with Gasteiger partial charge < -0.3 is 14.4 Å². The molecule has 1 heterocycles. The maximum Gasteiger partial charge on any atom is 0.294 e. The van der Waals surface area contributed by atoms with Gasteiger partial charge in [0.25, 0.3) is 10.2 Å². The van der Waals surface area contributed by atoms with Crippen molar-refractivity contribution in [1.29, 1.82) is 0 Å². The van der Waals surface area contributed by atoms with Crippen molar-refractivity contribution in [1.82, 2.24) is 0 Å². The third kappa shape index (κ3) is 2.57.